The third kappa shape index (κ3) is 3.41. The summed E-state index contributed by atoms with van der Waals surface area (Å²) in [7, 11) is 0.658. The molecule has 0 saturated heterocycles. The molecule has 0 aliphatic heterocycles. The van der Waals surface area contributed by atoms with E-state index in [0.29, 0.717) is 23.6 Å². The van der Waals surface area contributed by atoms with Crippen LogP contribution in [0.4, 0.5) is 0 Å². The molecule has 1 aromatic rings. The predicted octanol–water partition coefficient (Wildman–Crippen LogP) is 1.64. The molecule has 5 nitrogen and oxygen atoms in total. The van der Waals surface area contributed by atoms with Crippen molar-refractivity contribution in [2.24, 2.45) is 7.05 Å². The van der Waals surface area contributed by atoms with Crippen molar-refractivity contribution in [3.05, 3.63) is 17.5 Å². The number of carbonyl (C=O) groups is 1. The number of ether oxygens (including phenoxy) is 1. The first-order chi connectivity index (χ1) is 8.27. The first-order valence-electron chi connectivity index (χ1n) is 5.83. The maximum Gasteiger partial charge on any atom is 0.341 e. The molecule has 0 saturated carbocycles. The first kappa shape index (κ1) is 14.9. The Labute approximate surface area is 110 Å². The van der Waals surface area contributed by atoms with Gasteiger partial charge in [0.25, 0.3) is 0 Å². The maximum atomic E-state index is 12.1. The highest BCUT2D eigenvalue weighted by atomic mass is 32.2. The van der Waals surface area contributed by atoms with Gasteiger partial charge in [0.2, 0.25) is 0 Å². The molecule has 1 aromatic heterocycles. The normalized spacial score (nSPS) is 13.4. The lowest BCUT2D eigenvalue weighted by Gasteiger charge is -2.18. The Bertz CT molecular complexity index is 460. The van der Waals surface area contributed by atoms with Gasteiger partial charge in [-0.15, -0.1) is 0 Å². The van der Waals surface area contributed by atoms with Crippen LogP contribution in [-0.2, 0) is 28.3 Å². The van der Waals surface area contributed by atoms with Crippen LogP contribution in [0.1, 0.15) is 43.7 Å². The van der Waals surface area contributed by atoms with Crippen LogP contribution in [0.5, 0.6) is 0 Å². The zero-order chi connectivity index (χ0) is 13.9. The molecule has 6 heteroatoms. The zero-order valence-corrected chi connectivity index (χ0v) is 12.3. The standard InChI is InChI=1S/C12H20N2O3S/c1-6-17-11(15)9-7-13-14(5)10(9)8-18(16)12(2,3)4/h7H,6,8H2,1-5H3. The lowest BCUT2D eigenvalue weighted by molar-refractivity contribution is 0.0525. The van der Waals surface area contributed by atoms with E-state index >= 15 is 0 Å². The molecule has 0 amide bonds. The van der Waals surface area contributed by atoms with E-state index in [1.54, 1.807) is 18.7 Å². The average Bonchev–Trinajstić information content (AvgIpc) is 2.59. The van der Waals surface area contributed by atoms with Crippen molar-refractivity contribution in [3.8, 4) is 0 Å². The SMILES string of the molecule is CCOC(=O)c1cnn(C)c1CS(=O)C(C)(C)C. The van der Waals surface area contributed by atoms with Gasteiger partial charge in [0, 0.05) is 22.6 Å². The summed E-state index contributed by atoms with van der Waals surface area (Å²) in [5.41, 5.74) is 1.05. The Morgan fingerprint density at radius 1 is 1.50 bits per heavy atom. The second-order valence-corrected chi connectivity index (χ2v) is 7.16. The number of aromatic nitrogens is 2. The summed E-state index contributed by atoms with van der Waals surface area (Å²) >= 11 is 0. The molecule has 0 radical (unpaired) electrons. The second-order valence-electron chi connectivity index (χ2n) is 4.95. The fourth-order valence-corrected chi connectivity index (χ4v) is 2.38. The summed E-state index contributed by atoms with van der Waals surface area (Å²) in [4.78, 5) is 11.7. The smallest absolute Gasteiger partial charge is 0.341 e. The lowest BCUT2D eigenvalue weighted by Crippen LogP contribution is -2.24. The highest BCUT2D eigenvalue weighted by Gasteiger charge is 2.24. The van der Waals surface area contributed by atoms with E-state index in [4.69, 9.17) is 4.74 Å². The van der Waals surface area contributed by atoms with Crippen molar-refractivity contribution in [2.75, 3.05) is 6.61 Å². The van der Waals surface area contributed by atoms with Crippen LogP contribution in [0, 0.1) is 0 Å². The molecule has 102 valence electrons. The van der Waals surface area contributed by atoms with Gasteiger partial charge in [-0.1, -0.05) is 0 Å². The first-order valence-corrected chi connectivity index (χ1v) is 7.15. The van der Waals surface area contributed by atoms with E-state index in [1.165, 1.54) is 6.20 Å². The number of rotatable bonds is 4. The van der Waals surface area contributed by atoms with Crippen LogP contribution >= 0.6 is 0 Å². The average molecular weight is 272 g/mol. The van der Waals surface area contributed by atoms with Crippen LogP contribution in [0.3, 0.4) is 0 Å². The number of carbonyl (C=O) groups excluding carboxylic acids is 1. The Balaban J connectivity index is 2.99. The minimum Gasteiger partial charge on any atom is -0.462 e. The summed E-state index contributed by atoms with van der Waals surface area (Å²) in [6.07, 6.45) is 1.47. The highest BCUT2D eigenvalue weighted by Crippen LogP contribution is 2.19. The largest absolute Gasteiger partial charge is 0.462 e. The quantitative estimate of drug-likeness (QED) is 0.782. The van der Waals surface area contributed by atoms with Crippen molar-refractivity contribution >= 4 is 16.8 Å². The number of hydrogen-bond acceptors (Lipinski definition) is 4. The minimum absolute atomic E-state index is 0.300. The Morgan fingerprint density at radius 2 is 2.11 bits per heavy atom. The van der Waals surface area contributed by atoms with E-state index in [1.807, 2.05) is 20.8 Å². The zero-order valence-electron chi connectivity index (χ0n) is 11.5. The van der Waals surface area contributed by atoms with Gasteiger partial charge in [-0.3, -0.25) is 8.89 Å². The molecule has 0 fully saturated rings. The van der Waals surface area contributed by atoms with Crippen LogP contribution < -0.4 is 0 Å². The van der Waals surface area contributed by atoms with Crippen LogP contribution in [-0.4, -0.2) is 31.3 Å². The number of esters is 1. The van der Waals surface area contributed by atoms with E-state index in [0.717, 1.165) is 0 Å². The monoisotopic (exact) mass is 272 g/mol. The lowest BCUT2D eigenvalue weighted by atomic mass is 10.2. The van der Waals surface area contributed by atoms with Gasteiger partial charge >= 0.3 is 5.97 Å². The molecule has 0 N–H and O–H groups in total. The topological polar surface area (TPSA) is 61.2 Å². The summed E-state index contributed by atoms with van der Waals surface area (Å²) in [5.74, 6) is -0.111. The molecule has 0 aliphatic carbocycles. The van der Waals surface area contributed by atoms with E-state index in [9.17, 15) is 9.00 Å². The van der Waals surface area contributed by atoms with Gasteiger partial charge in [0.15, 0.2) is 0 Å². The summed E-state index contributed by atoms with van der Waals surface area (Å²) in [6.45, 7) is 7.79. The Morgan fingerprint density at radius 3 is 2.61 bits per heavy atom. The Hall–Kier alpha value is -1.17. The van der Waals surface area contributed by atoms with E-state index in [-0.39, 0.29) is 4.75 Å². The van der Waals surface area contributed by atoms with Crippen molar-refractivity contribution in [2.45, 2.75) is 38.2 Å². The molecule has 0 aliphatic rings. The maximum absolute atomic E-state index is 12.1. The molecule has 1 heterocycles. The molecule has 0 bridgehead atoms. The molecule has 1 rings (SSSR count). The van der Waals surface area contributed by atoms with Gasteiger partial charge in [-0.2, -0.15) is 5.10 Å². The number of hydrogen-bond donors (Lipinski definition) is 0. The van der Waals surface area contributed by atoms with Gasteiger partial charge in [0.1, 0.15) is 5.56 Å². The minimum atomic E-state index is -1.08. The highest BCUT2D eigenvalue weighted by molar-refractivity contribution is 7.85. The molecular weight excluding hydrogens is 252 g/mol. The number of aryl methyl sites for hydroxylation is 1. The summed E-state index contributed by atoms with van der Waals surface area (Å²) in [5, 5.41) is 4.04. The Kier molecular flexibility index (Phi) is 4.67. The van der Waals surface area contributed by atoms with Gasteiger partial charge in [-0.05, 0) is 27.7 Å². The van der Waals surface area contributed by atoms with E-state index < -0.39 is 16.8 Å². The molecule has 1 atom stereocenters. The van der Waals surface area contributed by atoms with Crippen LogP contribution in [0.25, 0.3) is 0 Å². The van der Waals surface area contributed by atoms with Gasteiger partial charge in [-0.25, -0.2) is 4.79 Å². The second kappa shape index (κ2) is 5.65. The van der Waals surface area contributed by atoms with E-state index in [2.05, 4.69) is 5.10 Å². The van der Waals surface area contributed by atoms with Gasteiger partial charge in [0.05, 0.1) is 24.3 Å². The summed E-state index contributed by atoms with van der Waals surface area (Å²) < 4.78 is 18.3. The molecule has 18 heavy (non-hydrogen) atoms. The van der Waals surface area contributed by atoms with Gasteiger partial charge < -0.3 is 4.74 Å². The predicted molar refractivity (Wildman–Crippen MR) is 70.8 cm³/mol. The third-order valence-corrected chi connectivity index (χ3v) is 4.41. The fraction of sp³-hybridized carbons (Fsp3) is 0.667. The number of nitrogens with zero attached hydrogens (tertiary/aromatic N) is 2. The fourth-order valence-electron chi connectivity index (χ4n) is 1.35. The molecule has 1 unspecified atom stereocenters. The van der Waals surface area contributed by atoms with Crippen molar-refractivity contribution in [1.82, 2.24) is 9.78 Å². The molecular formula is C12H20N2O3S. The van der Waals surface area contributed by atoms with Crippen LogP contribution in [0.15, 0.2) is 6.20 Å². The third-order valence-electron chi connectivity index (χ3n) is 2.51. The molecule has 0 aromatic carbocycles. The molecule has 0 spiro atoms. The summed E-state index contributed by atoms with van der Waals surface area (Å²) in [6, 6.07) is 0. The van der Waals surface area contributed by atoms with Crippen molar-refractivity contribution in [1.29, 1.82) is 0 Å². The van der Waals surface area contributed by atoms with Crippen LogP contribution in [0.2, 0.25) is 0 Å². The van der Waals surface area contributed by atoms with Crippen molar-refractivity contribution < 1.29 is 13.7 Å². The van der Waals surface area contributed by atoms with Crippen molar-refractivity contribution in [3.63, 3.8) is 0 Å².